The molecule has 1 heterocycles. The van der Waals surface area contributed by atoms with Crippen molar-refractivity contribution in [1.82, 2.24) is 9.80 Å². The number of hydrogen-bond donors (Lipinski definition) is 1. The standard InChI is InChI=1S/C14H26N2O3/c1-10(2)8-15(9-13(17)18)14(19)16-7-5-6-11(3)12(16)4/h10-12H,5-9H2,1-4H3,(H,17,18). The van der Waals surface area contributed by atoms with Crippen LogP contribution in [0.4, 0.5) is 4.79 Å². The second kappa shape index (κ2) is 6.78. The minimum absolute atomic E-state index is 0.129. The smallest absolute Gasteiger partial charge is 0.323 e. The van der Waals surface area contributed by atoms with Crippen LogP contribution in [0.1, 0.15) is 40.5 Å². The Hall–Kier alpha value is -1.26. The molecule has 0 aromatic rings. The number of piperidine rings is 1. The highest BCUT2D eigenvalue weighted by Gasteiger charge is 2.32. The van der Waals surface area contributed by atoms with Crippen molar-refractivity contribution in [2.24, 2.45) is 11.8 Å². The molecule has 2 unspecified atom stereocenters. The van der Waals surface area contributed by atoms with E-state index in [1.54, 1.807) is 0 Å². The Morgan fingerprint density at radius 2 is 2.00 bits per heavy atom. The van der Waals surface area contributed by atoms with E-state index in [9.17, 15) is 9.59 Å². The number of amides is 2. The third-order valence-electron chi connectivity index (χ3n) is 3.80. The summed E-state index contributed by atoms with van der Waals surface area (Å²) in [6, 6.07) is 0.0554. The second-order valence-corrected chi connectivity index (χ2v) is 6.00. The first-order chi connectivity index (χ1) is 8.82. The molecule has 1 aliphatic rings. The van der Waals surface area contributed by atoms with Crippen LogP contribution in [0.3, 0.4) is 0 Å². The van der Waals surface area contributed by atoms with Crippen LogP contribution in [-0.4, -0.2) is 52.6 Å². The first kappa shape index (κ1) is 15.8. The van der Waals surface area contributed by atoms with Crippen LogP contribution >= 0.6 is 0 Å². The summed E-state index contributed by atoms with van der Waals surface area (Å²) < 4.78 is 0. The number of likely N-dealkylation sites (tertiary alicyclic amines) is 1. The number of carboxylic acid groups (broad SMARTS) is 1. The van der Waals surface area contributed by atoms with Gasteiger partial charge in [-0.3, -0.25) is 4.79 Å². The predicted octanol–water partition coefficient (Wildman–Crippen LogP) is 2.27. The van der Waals surface area contributed by atoms with Gasteiger partial charge in [-0.1, -0.05) is 20.8 Å². The summed E-state index contributed by atoms with van der Waals surface area (Å²) in [6.07, 6.45) is 2.13. The summed E-state index contributed by atoms with van der Waals surface area (Å²) in [4.78, 5) is 26.7. The van der Waals surface area contributed by atoms with Gasteiger partial charge in [0.15, 0.2) is 0 Å². The van der Waals surface area contributed by atoms with Crippen molar-refractivity contribution in [2.75, 3.05) is 19.6 Å². The topological polar surface area (TPSA) is 60.9 Å². The largest absolute Gasteiger partial charge is 0.480 e. The van der Waals surface area contributed by atoms with E-state index in [-0.39, 0.29) is 24.5 Å². The average Bonchev–Trinajstić information content (AvgIpc) is 2.30. The van der Waals surface area contributed by atoms with Crippen molar-refractivity contribution in [3.63, 3.8) is 0 Å². The fraction of sp³-hybridized carbons (Fsp3) is 0.857. The summed E-state index contributed by atoms with van der Waals surface area (Å²) in [5.74, 6) is -0.212. The maximum Gasteiger partial charge on any atom is 0.323 e. The van der Waals surface area contributed by atoms with Crippen molar-refractivity contribution in [3.05, 3.63) is 0 Å². The maximum absolute atomic E-state index is 12.5. The van der Waals surface area contributed by atoms with E-state index in [2.05, 4.69) is 13.8 Å². The lowest BCUT2D eigenvalue weighted by Gasteiger charge is -2.40. The molecule has 1 N–H and O–H groups in total. The molecule has 0 bridgehead atoms. The number of aliphatic carboxylic acids is 1. The number of nitrogens with zero attached hydrogens (tertiary/aromatic N) is 2. The highest BCUT2D eigenvalue weighted by molar-refractivity contribution is 5.80. The normalized spacial score (nSPS) is 23.5. The molecule has 0 aromatic heterocycles. The Labute approximate surface area is 115 Å². The quantitative estimate of drug-likeness (QED) is 0.852. The van der Waals surface area contributed by atoms with Crippen LogP contribution in [-0.2, 0) is 4.79 Å². The molecular weight excluding hydrogens is 244 g/mol. The Morgan fingerprint density at radius 1 is 1.37 bits per heavy atom. The number of hydrogen-bond acceptors (Lipinski definition) is 2. The van der Waals surface area contributed by atoms with Gasteiger partial charge < -0.3 is 14.9 Å². The number of urea groups is 1. The minimum Gasteiger partial charge on any atom is -0.480 e. The molecule has 110 valence electrons. The number of rotatable bonds is 4. The molecule has 0 aromatic carbocycles. The summed E-state index contributed by atoms with van der Waals surface area (Å²) in [6.45, 7) is 9.19. The zero-order valence-electron chi connectivity index (χ0n) is 12.4. The number of carbonyl (C=O) groups excluding carboxylic acids is 1. The van der Waals surface area contributed by atoms with Gasteiger partial charge in [0.1, 0.15) is 6.54 Å². The van der Waals surface area contributed by atoms with Gasteiger partial charge in [0.2, 0.25) is 0 Å². The van der Waals surface area contributed by atoms with Crippen molar-refractivity contribution in [3.8, 4) is 0 Å². The van der Waals surface area contributed by atoms with Crippen LogP contribution in [0.2, 0.25) is 0 Å². The van der Waals surface area contributed by atoms with E-state index in [0.717, 1.165) is 19.4 Å². The molecule has 19 heavy (non-hydrogen) atoms. The van der Waals surface area contributed by atoms with Crippen LogP contribution in [0.15, 0.2) is 0 Å². The molecule has 5 heteroatoms. The van der Waals surface area contributed by atoms with Crippen LogP contribution in [0.5, 0.6) is 0 Å². The highest BCUT2D eigenvalue weighted by atomic mass is 16.4. The number of carbonyl (C=O) groups is 2. The molecule has 1 rings (SSSR count). The van der Waals surface area contributed by atoms with Gasteiger partial charge in [-0.05, 0) is 31.6 Å². The summed E-state index contributed by atoms with van der Waals surface area (Å²) in [7, 11) is 0. The summed E-state index contributed by atoms with van der Waals surface area (Å²) >= 11 is 0. The van der Waals surface area contributed by atoms with E-state index < -0.39 is 5.97 Å². The third kappa shape index (κ3) is 4.40. The molecule has 2 amide bonds. The molecule has 0 aliphatic carbocycles. The van der Waals surface area contributed by atoms with Crippen molar-refractivity contribution in [2.45, 2.75) is 46.6 Å². The SMILES string of the molecule is CC(C)CN(CC(=O)O)C(=O)N1CCCC(C)C1C. The zero-order chi connectivity index (χ0) is 14.6. The second-order valence-electron chi connectivity index (χ2n) is 6.00. The fourth-order valence-corrected chi connectivity index (χ4v) is 2.60. The van der Waals surface area contributed by atoms with Gasteiger partial charge in [-0.15, -0.1) is 0 Å². The van der Waals surface area contributed by atoms with Gasteiger partial charge in [0.05, 0.1) is 0 Å². The molecule has 1 fully saturated rings. The average molecular weight is 270 g/mol. The highest BCUT2D eigenvalue weighted by Crippen LogP contribution is 2.24. The first-order valence-corrected chi connectivity index (χ1v) is 7.10. The fourth-order valence-electron chi connectivity index (χ4n) is 2.60. The third-order valence-corrected chi connectivity index (χ3v) is 3.80. The minimum atomic E-state index is -0.952. The van der Waals surface area contributed by atoms with Gasteiger partial charge in [-0.2, -0.15) is 0 Å². The van der Waals surface area contributed by atoms with E-state index in [4.69, 9.17) is 5.11 Å². The summed E-state index contributed by atoms with van der Waals surface area (Å²) in [5.41, 5.74) is 0. The predicted molar refractivity (Wildman–Crippen MR) is 74.0 cm³/mol. The Morgan fingerprint density at radius 3 is 2.53 bits per heavy atom. The lowest BCUT2D eigenvalue weighted by molar-refractivity contribution is -0.137. The van der Waals surface area contributed by atoms with Gasteiger partial charge in [0, 0.05) is 19.1 Å². The number of carboxylic acids is 1. The molecule has 1 saturated heterocycles. The molecule has 1 aliphatic heterocycles. The monoisotopic (exact) mass is 270 g/mol. The molecule has 2 atom stereocenters. The Kier molecular flexibility index (Phi) is 5.63. The molecule has 5 nitrogen and oxygen atoms in total. The van der Waals surface area contributed by atoms with Gasteiger partial charge in [-0.25, -0.2) is 4.79 Å². The summed E-state index contributed by atoms with van der Waals surface area (Å²) in [5, 5.41) is 8.95. The van der Waals surface area contributed by atoms with E-state index in [1.165, 1.54) is 4.90 Å². The lowest BCUT2D eigenvalue weighted by Crippen LogP contribution is -2.53. The van der Waals surface area contributed by atoms with Crippen molar-refractivity contribution < 1.29 is 14.7 Å². The van der Waals surface area contributed by atoms with Gasteiger partial charge in [0.25, 0.3) is 0 Å². The molecule has 0 spiro atoms. The van der Waals surface area contributed by atoms with Crippen LogP contribution in [0, 0.1) is 11.8 Å². The molecule has 0 radical (unpaired) electrons. The Balaban J connectivity index is 2.76. The van der Waals surface area contributed by atoms with Crippen LogP contribution in [0.25, 0.3) is 0 Å². The lowest BCUT2D eigenvalue weighted by atomic mass is 9.92. The Bertz CT molecular complexity index is 331. The van der Waals surface area contributed by atoms with E-state index in [0.29, 0.717) is 12.5 Å². The van der Waals surface area contributed by atoms with E-state index >= 15 is 0 Å². The van der Waals surface area contributed by atoms with Crippen LogP contribution < -0.4 is 0 Å². The zero-order valence-corrected chi connectivity index (χ0v) is 12.4. The van der Waals surface area contributed by atoms with Crippen molar-refractivity contribution >= 4 is 12.0 Å². The van der Waals surface area contributed by atoms with E-state index in [1.807, 2.05) is 18.7 Å². The van der Waals surface area contributed by atoms with Gasteiger partial charge >= 0.3 is 12.0 Å². The first-order valence-electron chi connectivity index (χ1n) is 7.10. The molecule has 0 saturated carbocycles. The van der Waals surface area contributed by atoms with Crippen molar-refractivity contribution in [1.29, 1.82) is 0 Å². The maximum atomic E-state index is 12.5. The molecular formula is C14H26N2O3.